The van der Waals surface area contributed by atoms with Crippen molar-refractivity contribution in [2.24, 2.45) is 5.73 Å². The van der Waals surface area contributed by atoms with Gasteiger partial charge in [0.15, 0.2) is 0 Å². The summed E-state index contributed by atoms with van der Waals surface area (Å²) in [5, 5.41) is 4.11. The molecule has 1 aromatic carbocycles. The number of rotatable bonds is 4. The molecule has 4 rings (SSSR count). The van der Waals surface area contributed by atoms with E-state index < -0.39 is 6.10 Å². The molecule has 0 aliphatic carbocycles. The molecule has 26 heavy (non-hydrogen) atoms. The van der Waals surface area contributed by atoms with Gasteiger partial charge in [0.05, 0.1) is 6.10 Å². The lowest BCUT2D eigenvalue weighted by atomic mass is 10.0. The third-order valence-corrected chi connectivity index (χ3v) is 5.19. The van der Waals surface area contributed by atoms with Gasteiger partial charge in [-0.15, -0.1) is 0 Å². The second kappa shape index (κ2) is 7.55. The molecular weight excluding hydrogens is 332 g/mol. The molecule has 3 atom stereocenters. The molecule has 1 amide bonds. The highest BCUT2D eigenvalue weighted by Crippen LogP contribution is 2.33. The number of nitrogens with two attached hydrogens (primary N) is 1. The van der Waals surface area contributed by atoms with Crippen LogP contribution in [0.5, 0.6) is 0 Å². The molecule has 0 spiro atoms. The minimum Gasteiger partial charge on any atom is -0.364 e. The first kappa shape index (κ1) is 17.2. The van der Waals surface area contributed by atoms with E-state index in [1.807, 2.05) is 35.2 Å². The first-order valence-electron chi connectivity index (χ1n) is 9.31. The zero-order chi connectivity index (χ0) is 17.9. The normalized spacial score (nSPS) is 26.2. The van der Waals surface area contributed by atoms with Gasteiger partial charge in [0.1, 0.15) is 12.1 Å². The largest absolute Gasteiger partial charge is 0.364 e. The number of benzene rings is 1. The van der Waals surface area contributed by atoms with Gasteiger partial charge < -0.3 is 19.9 Å². The molecule has 2 aliphatic rings. The molecule has 7 heteroatoms. The Hall–Kier alpha value is -2.25. The Morgan fingerprint density at radius 2 is 2.04 bits per heavy atom. The third-order valence-electron chi connectivity index (χ3n) is 5.19. The van der Waals surface area contributed by atoms with E-state index in [2.05, 4.69) is 10.1 Å². The number of hydrogen-bond acceptors (Lipinski definition) is 6. The number of ether oxygens (including phenoxy) is 1. The van der Waals surface area contributed by atoms with Crippen molar-refractivity contribution in [2.45, 2.75) is 50.4 Å². The fourth-order valence-corrected chi connectivity index (χ4v) is 3.77. The van der Waals surface area contributed by atoms with Gasteiger partial charge in [-0.1, -0.05) is 35.5 Å². The number of carbonyl (C=O) groups excluding carboxylic acids is 1. The standard InChI is InChI=1S/C19H24N4O3/c20-12-14-9-10-16(25-14)19(24)23-11-5-4-8-15(23)18-21-17(22-26-18)13-6-2-1-3-7-13/h1-3,6-7,14-16H,4-5,8-12,20H2/t14-,15?,16+/m1/s1. The predicted octanol–water partition coefficient (Wildman–Crippen LogP) is 2.30. The summed E-state index contributed by atoms with van der Waals surface area (Å²) >= 11 is 0. The number of amides is 1. The Kier molecular flexibility index (Phi) is 4.99. The molecule has 1 aromatic heterocycles. The van der Waals surface area contributed by atoms with Crippen LogP contribution in [0.15, 0.2) is 34.9 Å². The molecule has 7 nitrogen and oxygen atoms in total. The fourth-order valence-electron chi connectivity index (χ4n) is 3.77. The highest BCUT2D eigenvalue weighted by atomic mass is 16.5. The second-order valence-corrected chi connectivity index (χ2v) is 6.93. The lowest BCUT2D eigenvalue weighted by molar-refractivity contribution is -0.147. The summed E-state index contributed by atoms with van der Waals surface area (Å²) in [6, 6.07) is 9.53. The first-order valence-corrected chi connectivity index (χ1v) is 9.31. The molecule has 2 fully saturated rings. The predicted molar refractivity (Wildman–Crippen MR) is 95.0 cm³/mol. The van der Waals surface area contributed by atoms with Gasteiger partial charge in [-0.3, -0.25) is 4.79 Å². The van der Waals surface area contributed by atoms with Crippen LogP contribution in [0.1, 0.15) is 44.0 Å². The van der Waals surface area contributed by atoms with Crippen LogP contribution < -0.4 is 5.73 Å². The van der Waals surface area contributed by atoms with Crippen LogP contribution in [0.2, 0.25) is 0 Å². The average Bonchev–Trinajstić information content (AvgIpc) is 3.38. The minimum absolute atomic E-state index is 0.0136. The number of aromatic nitrogens is 2. The Labute approximate surface area is 152 Å². The monoisotopic (exact) mass is 356 g/mol. The number of carbonyl (C=O) groups is 1. The summed E-state index contributed by atoms with van der Waals surface area (Å²) < 4.78 is 11.3. The lowest BCUT2D eigenvalue weighted by Gasteiger charge is -2.35. The molecule has 2 aliphatic heterocycles. The highest BCUT2D eigenvalue weighted by Gasteiger charge is 2.38. The van der Waals surface area contributed by atoms with Gasteiger partial charge in [0.25, 0.3) is 5.91 Å². The first-order chi connectivity index (χ1) is 12.8. The molecule has 138 valence electrons. The summed E-state index contributed by atoms with van der Waals surface area (Å²) in [7, 11) is 0. The Balaban J connectivity index is 1.53. The smallest absolute Gasteiger partial charge is 0.252 e. The van der Waals surface area contributed by atoms with Crippen molar-refractivity contribution in [1.29, 1.82) is 0 Å². The SMILES string of the molecule is NC[C@H]1CC[C@@H](C(=O)N2CCCCC2c2nc(-c3ccccc3)no2)O1. The number of likely N-dealkylation sites (tertiary alicyclic amines) is 1. The summed E-state index contributed by atoms with van der Waals surface area (Å²) in [4.78, 5) is 19.4. The van der Waals surface area contributed by atoms with Crippen LogP contribution in [0.4, 0.5) is 0 Å². The molecule has 0 saturated carbocycles. The summed E-state index contributed by atoms with van der Waals surface area (Å²) in [6.07, 6.45) is 3.99. The van der Waals surface area contributed by atoms with Gasteiger partial charge in [-0.2, -0.15) is 4.98 Å². The van der Waals surface area contributed by atoms with Crippen molar-refractivity contribution < 1.29 is 14.1 Å². The van der Waals surface area contributed by atoms with E-state index >= 15 is 0 Å². The molecule has 0 bridgehead atoms. The van der Waals surface area contributed by atoms with Crippen LogP contribution >= 0.6 is 0 Å². The number of hydrogen-bond donors (Lipinski definition) is 1. The number of piperidine rings is 1. The van der Waals surface area contributed by atoms with Crippen LogP contribution in [0.3, 0.4) is 0 Å². The van der Waals surface area contributed by atoms with E-state index in [0.717, 1.165) is 37.7 Å². The van der Waals surface area contributed by atoms with E-state index in [4.69, 9.17) is 15.0 Å². The maximum atomic E-state index is 13.0. The maximum absolute atomic E-state index is 13.0. The number of nitrogens with zero attached hydrogens (tertiary/aromatic N) is 3. The minimum atomic E-state index is -0.402. The highest BCUT2D eigenvalue weighted by molar-refractivity contribution is 5.81. The lowest BCUT2D eigenvalue weighted by Crippen LogP contribution is -2.44. The third kappa shape index (κ3) is 3.37. The van der Waals surface area contributed by atoms with Crippen molar-refractivity contribution in [1.82, 2.24) is 15.0 Å². The van der Waals surface area contributed by atoms with E-state index in [1.165, 1.54) is 0 Å². The van der Waals surface area contributed by atoms with Crippen LogP contribution in [-0.4, -0.2) is 46.2 Å². The second-order valence-electron chi connectivity index (χ2n) is 6.93. The summed E-state index contributed by atoms with van der Waals surface area (Å²) in [5.74, 6) is 1.08. The Morgan fingerprint density at radius 3 is 2.81 bits per heavy atom. The molecule has 2 saturated heterocycles. The maximum Gasteiger partial charge on any atom is 0.252 e. The average molecular weight is 356 g/mol. The van der Waals surface area contributed by atoms with Crippen LogP contribution in [0, 0.1) is 0 Å². The Bertz CT molecular complexity index is 748. The fraction of sp³-hybridized carbons (Fsp3) is 0.526. The Morgan fingerprint density at radius 1 is 1.19 bits per heavy atom. The van der Waals surface area contributed by atoms with Gasteiger partial charge in [-0.25, -0.2) is 0 Å². The summed E-state index contributed by atoms with van der Waals surface area (Å²) in [5.41, 5.74) is 6.57. The van der Waals surface area contributed by atoms with Crippen LogP contribution in [-0.2, 0) is 9.53 Å². The van der Waals surface area contributed by atoms with Gasteiger partial charge in [0.2, 0.25) is 11.7 Å². The van der Waals surface area contributed by atoms with E-state index in [9.17, 15) is 4.79 Å². The molecule has 3 heterocycles. The molecule has 0 radical (unpaired) electrons. The van der Waals surface area contributed by atoms with Crippen molar-refractivity contribution in [3.63, 3.8) is 0 Å². The van der Waals surface area contributed by atoms with E-state index in [0.29, 0.717) is 24.8 Å². The zero-order valence-electron chi connectivity index (χ0n) is 14.7. The van der Waals surface area contributed by atoms with Crippen molar-refractivity contribution >= 4 is 5.91 Å². The topological polar surface area (TPSA) is 94.5 Å². The summed E-state index contributed by atoms with van der Waals surface area (Å²) in [6.45, 7) is 1.15. The zero-order valence-corrected chi connectivity index (χ0v) is 14.7. The van der Waals surface area contributed by atoms with Crippen molar-refractivity contribution in [3.8, 4) is 11.4 Å². The van der Waals surface area contributed by atoms with Gasteiger partial charge >= 0.3 is 0 Å². The van der Waals surface area contributed by atoms with Gasteiger partial charge in [0, 0.05) is 18.7 Å². The van der Waals surface area contributed by atoms with Crippen molar-refractivity contribution in [3.05, 3.63) is 36.2 Å². The quantitative estimate of drug-likeness (QED) is 0.903. The van der Waals surface area contributed by atoms with Gasteiger partial charge in [-0.05, 0) is 32.1 Å². The van der Waals surface area contributed by atoms with Crippen LogP contribution in [0.25, 0.3) is 11.4 Å². The van der Waals surface area contributed by atoms with E-state index in [1.54, 1.807) is 0 Å². The molecule has 1 unspecified atom stereocenters. The molecule has 2 N–H and O–H groups in total. The molecule has 2 aromatic rings. The van der Waals surface area contributed by atoms with E-state index in [-0.39, 0.29) is 18.1 Å². The molecular formula is C19H24N4O3. The van der Waals surface area contributed by atoms with Crippen molar-refractivity contribution in [2.75, 3.05) is 13.1 Å².